The van der Waals surface area contributed by atoms with E-state index in [9.17, 15) is 9.59 Å². The van der Waals surface area contributed by atoms with Crippen LogP contribution in [-0.2, 0) is 4.74 Å². The van der Waals surface area contributed by atoms with Crippen LogP contribution in [-0.4, -0.2) is 25.2 Å². The smallest absolute Gasteiger partial charge is 0.337 e. The first-order chi connectivity index (χ1) is 11.0. The molecule has 0 aliphatic carbocycles. The van der Waals surface area contributed by atoms with E-state index in [0.717, 1.165) is 16.7 Å². The van der Waals surface area contributed by atoms with Crippen molar-refractivity contribution < 1.29 is 14.3 Å². The van der Waals surface area contributed by atoms with Gasteiger partial charge in [-0.15, -0.1) is 0 Å². The van der Waals surface area contributed by atoms with Crippen molar-refractivity contribution in [2.24, 2.45) is 5.10 Å². The Hall–Kier alpha value is -2.95. The van der Waals surface area contributed by atoms with Crippen molar-refractivity contribution >= 4 is 18.1 Å². The molecule has 1 N–H and O–H groups in total. The minimum Gasteiger partial charge on any atom is -0.465 e. The number of nitrogens with zero attached hydrogens (tertiary/aromatic N) is 1. The molecular formula is C18H18N2O3. The predicted molar refractivity (Wildman–Crippen MR) is 88.8 cm³/mol. The molecule has 0 atom stereocenters. The Morgan fingerprint density at radius 2 is 1.65 bits per heavy atom. The van der Waals surface area contributed by atoms with E-state index < -0.39 is 5.97 Å². The van der Waals surface area contributed by atoms with E-state index in [1.165, 1.54) is 13.3 Å². The molecule has 0 aliphatic heterocycles. The van der Waals surface area contributed by atoms with Crippen LogP contribution in [0.4, 0.5) is 0 Å². The second-order valence-electron chi connectivity index (χ2n) is 5.11. The molecule has 0 aromatic heterocycles. The second kappa shape index (κ2) is 7.35. The molecular weight excluding hydrogens is 292 g/mol. The van der Waals surface area contributed by atoms with Gasteiger partial charge in [0.25, 0.3) is 5.91 Å². The Labute approximate surface area is 135 Å². The molecule has 2 rings (SSSR count). The van der Waals surface area contributed by atoms with Crippen LogP contribution in [0, 0.1) is 13.8 Å². The van der Waals surface area contributed by atoms with Gasteiger partial charge in [-0.25, -0.2) is 10.2 Å². The highest BCUT2D eigenvalue weighted by molar-refractivity contribution is 5.95. The third-order valence-electron chi connectivity index (χ3n) is 3.48. The number of amides is 1. The fourth-order valence-electron chi connectivity index (χ4n) is 1.94. The summed E-state index contributed by atoms with van der Waals surface area (Å²) in [5, 5.41) is 3.92. The van der Waals surface area contributed by atoms with Crippen molar-refractivity contribution in [2.45, 2.75) is 13.8 Å². The van der Waals surface area contributed by atoms with Gasteiger partial charge in [-0.3, -0.25) is 4.79 Å². The van der Waals surface area contributed by atoms with Crippen LogP contribution >= 0.6 is 0 Å². The molecule has 0 fully saturated rings. The first-order valence-corrected chi connectivity index (χ1v) is 7.10. The number of benzene rings is 2. The van der Waals surface area contributed by atoms with Crippen molar-refractivity contribution in [1.29, 1.82) is 0 Å². The molecule has 0 radical (unpaired) electrons. The highest BCUT2D eigenvalue weighted by Gasteiger charge is 2.05. The summed E-state index contributed by atoms with van der Waals surface area (Å²) in [5.74, 6) is -0.660. The number of hydrazone groups is 1. The van der Waals surface area contributed by atoms with Gasteiger partial charge in [-0.05, 0) is 54.8 Å². The van der Waals surface area contributed by atoms with Crippen LogP contribution in [0.3, 0.4) is 0 Å². The lowest BCUT2D eigenvalue weighted by atomic mass is 10.1. The van der Waals surface area contributed by atoms with Gasteiger partial charge in [0.15, 0.2) is 0 Å². The van der Waals surface area contributed by atoms with E-state index in [-0.39, 0.29) is 5.91 Å². The van der Waals surface area contributed by atoms with Gasteiger partial charge < -0.3 is 4.74 Å². The zero-order valence-electron chi connectivity index (χ0n) is 13.3. The number of carbonyl (C=O) groups is 2. The quantitative estimate of drug-likeness (QED) is 0.536. The number of rotatable bonds is 4. The Morgan fingerprint density at radius 1 is 1.00 bits per heavy atom. The van der Waals surface area contributed by atoms with Gasteiger partial charge in [0.05, 0.1) is 18.9 Å². The molecule has 1 amide bonds. The molecule has 118 valence electrons. The lowest BCUT2D eigenvalue weighted by molar-refractivity contribution is 0.0600. The zero-order valence-corrected chi connectivity index (χ0v) is 13.3. The fourth-order valence-corrected chi connectivity index (χ4v) is 1.94. The molecule has 2 aromatic carbocycles. The van der Waals surface area contributed by atoms with E-state index in [1.54, 1.807) is 30.3 Å². The maximum absolute atomic E-state index is 12.0. The van der Waals surface area contributed by atoms with E-state index in [1.807, 2.05) is 26.0 Å². The molecule has 5 heteroatoms. The number of ether oxygens (including phenoxy) is 1. The normalized spacial score (nSPS) is 10.6. The van der Waals surface area contributed by atoms with Gasteiger partial charge in [0.1, 0.15) is 0 Å². The summed E-state index contributed by atoms with van der Waals surface area (Å²) >= 11 is 0. The summed E-state index contributed by atoms with van der Waals surface area (Å²) in [4.78, 5) is 23.3. The summed E-state index contributed by atoms with van der Waals surface area (Å²) in [7, 11) is 1.33. The second-order valence-corrected chi connectivity index (χ2v) is 5.11. The van der Waals surface area contributed by atoms with Gasteiger partial charge in [-0.1, -0.05) is 18.2 Å². The van der Waals surface area contributed by atoms with E-state index >= 15 is 0 Å². The SMILES string of the molecule is COC(=O)c1ccc(/C=N/NC(=O)c2ccc(C)c(C)c2)cc1. The Morgan fingerprint density at radius 3 is 2.26 bits per heavy atom. The molecule has 23 heavy (non-hydrogen) atoms. The Bertz CT molecular complexity index is 749. The highest BCUT2D eigenvalue weighted by Crippen LogP contribution is 2.09. The standard InChI is InChI=1S/C18H18N2O3/c1-12-4-7-16(10-13(12)2)17(21)20-19-11-14-5-8-15(9-6-14)18(22)23-3/h4-11H,1-3H3,(H,20,21)/b19-11+. The number of methoxy groups -OCH3 is 1. The van der Waals surface area contributed by atoms with Crippen LogP contribution in [0.15, 0.2) is 47.6 Å². The lowest BCUT2D eigenvalue weighted by Gasteiger charge is -2.03. The maximum atomic E-state index is 12.0. The van der Waals surface area contributed by atoms with Gasteiger partial charge >= 0.3 is 5.97 Å². The Balaban J connectivity index is 1.99. The number of carbonyl (C=O) groups excluding carboxylic acids is 2. The molecule has 0 unspecified atom stereocenters. The molecule has 0 spiro atoms. The minimum absolute atomic E-state index is 0.268. The van der Waals surface area contributed by atoms with E-state index in [0.29, 0.717) is 11.1 Å². The van der Waals surface area contributed by atoms with Gasteiger partial charge in [0, 0.05) is 5.56 Å². The van der Waals surface area contributed by atoms with Crippen molar-refractivity contribution in [3.8, 4) is 0 Å². The fraction of sp³-hybridized carbons (Fsp3) is 0.167. The van der Waals surface area contributed by atoms with Crippen LogP contribution in [0.25, 0.3) is 0 Å². The van der Waals surface area contributed by atoms with Crippen LogP contribution in [0.5, 0.6) is 0 Å². The number of nitrogens with one attached hydrogen (secondary N) is 1. The average Bonchev–Trinajstić information content (AvgIpc) is 2.57. The van der Waals surface area contributed by atoms with Crippen LogP contribution < -0.4 is 5.43 Å². The first kappa shape index (κ1) is 16.4. The van der Waals surface area contributed by atoms with E-state index in [2.05, 4.69) is 15.3 Å². The monoisotopic (exact) mass is 310 g/mol. The molecule has 0 saturated heterocycles. The van der Waals surface area contributed by atoms with Crippen LogP contribution in [0.2, 0.25) is 0 Å². The summed E-state index contributed by atoms with van der Waals surface area (Å²) < 4.78 is 4.63. The largest absolute Gasteiger partial charge is 0.465 e. The van der Waals surface area contributed by atoms with Gasteiger partial charge in [-0.2, -0.15) is 5.10 Å². The maximum Gasteiger partial charge on any atom is 0.337 e. The molecule has 5 nitrogen and oxygen atoms in total. The summed E-state index contributed by atoms with van der Waals surface area (Å²) in [5.41, 5.74) is 6.46. The predicted octanol–water partition coefficient (Wildman–Crippen LogP) is 2.85. The highest BCUT2D eigenvalue weighted by atomic mass is 16.5. The average molecular weight is 310 g/mol. The third kappa shape index (κ3) is 4.26. The topological polar surface area (TPSA) is 67.8 Å². The van der Waals surface area contributed by atoms with Crippen molar-refractivity contribution in [3.63, 3.8) is 0 Å². The molecule has 0 bridgehead atoms. The Kier molecular flexibility index (Phi) is 5.25. The summed E-state index contributed by atoms with van der Waals surface area (Å²) in [6, 6.07) is 12.2. The van der Waals surface area contributed by atoms with Crippen molar-refractivity contribution in [1.82, 2.24) is 5.43 Å². The number of hydrogen-bond acceptors (Lipinski definition) is 4. The van der Waals surface area contributed by atoms with E-state index in [4.69, 9.17) is 0 Å². The molecule has 0 aliphatic rings. The first-order valence-electron chi connectivity index (χ1n) is 7.10. The minimum atomic E-state index is -0.392. The third-order valence-corrected chi connectivity index (χ3v) is 3.48. The van der Waals surface area contributed by atoms with Crippen molar-refractivity contribution in [2.75, 3.05) is 7.11 Å². The number of hydrogen-bond donors (Lipinski definition) is 1. The molecule has 0 heterocycles. The number of esters is 1. The summed E-state index contributed by atoms with van der Waals surface area (Å²) in [6.45, 7) is 3.95. The lowest BCUT2D eigenvalue weighted by Crippen LogP contribution is -2.17. The van der Waals surface area contributed by atoms with Gasteiger partial charge in [0.2, 0.25) is 0 Å². The van der Waals surface area contributed by atoms with Crippen LogP contribution in [0.1, 0.15) is 37.4 Å². The zero-order chi connectivity index (χ0) is 16.8. The number of aryl methyl sites for hydroxylation is 2. The molecule has 2 aromatic rings. The van der Waals surface area contributed by atoms with Crippen molar-refractivity contribution in [3.05, 3.63) is 70.3 Å². The summed E-state index contributed by atoms with van der Waals surface area (Å²) in [6.07, 6.45) is 1.51. The molecule has 0 saturated carbocycles.